The van der Waals surface area contributed by atoms with Gasteiger partial charge < -0.3 is 14.8 Å². The minimum absolute atomic E-state index is 0.181. The summed E-state index contributed by atoms with van der Waals surface area (Å²) >= 11 is 0. The quantitative estimate of drug-likeness (QED) is 0.186. The van der Waals surface area contributed by atoms with Gasteiger partial charge in [0, 0.05) is 29.6 Å². The van der Waals surface area contributed by atoms with E-state index >= 15 is 0 Å². The lowest BCUT2D eigenvalue weighted by atomic mass is 9.72. The molecule has 0 spiro atoms. The van der Waals surface area contributed by atoms with Gasteiger partial charge in [-0.3, -0.25) is 14.8 Å². The lowest BCUT2D eigenvalue weighted by molar-refractivity contribution is -0.155. The predicted octanol–water partition coefficient (Wildman–Crippen LogP) is 4.01. The van der Waals surface area contributed by atoms with Gasteiger partial charge in [0.25, 0.3) is 0 Å². The fourth-order valence-electron chi connectivity index (χ4n) is 5.13. The summed E-state index contributed by atoms with van der Waals surface area (Å²) in [6.45, 7) is 2.68. The summed E-state index contributed by atoms with van der Waals surface area (Å²) in [6, 6.07) is 27.1. The van der Waals surface area contributed by atoms with Gasteiger partial charge in [-0.05, 0) is 36.8 Å². The Hall–Kier alpha value is -4.27. The van der Waals surface area contributed by atoms with Gasteiger partial charge in [-0.25, -0.2) is 10.5 Å². The van der Waals surface area contributed by atoms with Gasteiger partial charge >= 0.3 is 5.97 Å². The highest BCUT2D eigenvalue weighted by Crippen LogP contribution is 2.38. The first-order chi connectivity index (χ1) is 18.6. The maximum Gasteiger partial charge on any atom is 0.318 e. The number of rotatable bonds is 8. The summed E-state index contributed by atoms with van der Waals surface area (Å²) in [4.78, 5) is 30.4. The first kappa shape index (κ1) is 25.4. The number of esters is 1. The molecule has 4 aromatic rings. The lowest BCUT2D eigenvalue weighted by Crippen LogP contribution is -2.49. The molecule has 3 N–H and O–H groups in total. The van der Waals surface area contributed by atoms with E-state index in [0.717, 1.165) is 27.7 Å². The average Bonchev–Trinajstić information content (AvgIpc) is 3.42. The van der Waals surface area contributed by atoms with E-state index in [1.807, 2.05) is 60.7 Å². The van der Waals surface area contributed by atoms with Crippen LogP contribution in [0.2, 0.25) is 0 Å². The fourth-order valence-corrected chi connectivity index (χ4v) is 5.13. The number of carbonyl (C=O) groups excluding carboxylic acids is 2. The number of hydroxylamine groups is 1. The van der Waals surface area contributed by atoms with E-state index in [4.69, 9.17) is 14.5 Å². The molecule has 1 aliphatic heterocycles. The number of carbonyl (C=O) groups is 2. The zero-order valence-electron chi connectivity index (χ0n) is 21.0. The fraction of sp³-hybridized carbons (Fsp3) is 0.233. The van der Waals surface area contributed by atoms with Gasteiger partial charge in [-0.2, -0.15) is 0 Å². The Morgan fingerprint density at radius 1 is 1.05 bits per heavy atom. The molecule has 3 aromatic carbocycles. The van der Waals surface area contributed by atoms with Crippen LogP contribution in [0.25, 0.3) is 22.2 Å². The van der Waals surface area contributed by atoms with Gasteiger partial charge in [0.1, 0.15) is 17.8 Å². The van der Waals surface area contributed by atoms with E-state index in [0.29, 0.717) is 17.9 Å². The second kappa shape index (κ2) is 11.0. The van der Waals surface area contributed by atoms with Crippen molar-refractivity contribution in [1.29, 1.82) is 0 Å². The van der Waals surface area contributed by atoms with Crippen LogP contribution in [-0.4, -0.2) is 41.8 Å². The molecular formula is C30H29N3O5. The highest BCUT2D eigenvalue weighted by molar-refractivity contribution is 5.93. The van der Waals surface area contributed by atoms with Crippen molar-refractivity contribution in [3.05, 3.63) is 96.1 Å². The van der Waals surface area contributed by atoms with Crippen LogP contribution in [0.5, 0.6) is 5.75 Å². The normalized spacial score (nSPS) is 18.7. The van der Waals surface area contributed by atoms with E-state index in [2.05, 4.69) is 5.32 Å². The minimum atomic E-state index is -1.26. The van der Waals surface area contributed by atoms with Crippen LogP contribution in [0.15, 0.2) is 84.9 Å². The summed E-state index contributed by atoms with van der Waals surface area (Å²) in [6.07, 6.45) is 0. The molecule has 2 heterocycles. The van der Waals surface area contributed by atoms with Gasteiger partial charge in [0.2, 0.25) is 5.91 Å². The Kier molecular flexibility index (Phi) is 7.35. The molecule has 8 heteroatoms. The van der Waals surface area contributed by atoms with Crippen molar-refractivity contribution in [3.8, 4) is 17.0 Å². The number of amides is 1. The standard InChI is InChI=1S/C30H29N3O5/c1-2-37-29(35)30(19-31-17-25(30)28(34)33-36)22-12-14-23(15-13-22)38-18-21-16-27(20-8-4-3-5-9-20)32-26-11-7-6-10-24(21)26/h3-16,25,31,36H,2,17-19H2,1H3,(H,33,34)/t25-,30-/m1/s1. The van der Waals surface area contributed by atoms with E-state index < -0.39 is 23.2 Å². The molecule has 2 atom stereocenters. The third-order valence-electron chi connectivity index (χ3n) is 7.05. The predicted molar refractivity (Wildman–Crippen MR) is 143 cm³/mol. The number of ether oxygens (including phenoxy) is 2. The van der Waals surface area contributed by atoms with Crippen LogP contribution in [0.4, 0.5) is 0 Å². The molecule has 1 aromatic heterocycles. The number of benzene rings is 3. The van der Waals surface area contributed by atoms with E-state index in [9.17, 15) is 14.8 Å². The van der Waals surface area contributed by atoms with Gasteiger partial charge in [0.15, 0.2) is 0 Å². The average molecular weight is 512 g/mol. The van der Waals surface area contributed by atoms with E-state index in [-0.39, 0.29) is 19.7 Å². The second-order valence-corrected chi connectivity index (χ2v) is 9.21. The number of aromatic nitrogens is 1. The third-order valence-corrected chi connectivity index (χ3v) is 7.05. The van der Waals surface area contributed by atoms with Crippen molar-refractivity contribution in [2.24, 2.45) is 5.92 Å². The largest absolute Gasteiger partial charge is 0.489 e. The number of hydrogen-bond donors (Lipinski definition) is 3. The topological polar surface area (TPSA) is 110 Å². The van der Waals surface area contributed by atoms with Crippen molar-refractivity contribution in [3.63, 3.8) is 0 Å². The number of fused-ring (bicyclic) bond motifs is 1. The summed E-state index contributed by atoms with van der Waals surface area (Å²) in [5.41, 5.74) is 4.84. The number of para-hydroxylation sites is 1. The van der Waals surface area contributed by atoms with Crippen LogP contribution in [0.3, 0.4) is 0 Å². The summed E-state index contributed by atoms with van der Waals surface area (Å²) < 4.78 is 11.5. The molecule has 0 saturated carbocycles. The van der Waals surface area contributed by atoms with Crippen LogP contribution in [-0.2, 0) is 26.3 Å². The molecule has 0 bridgehead atoms. The summed E-state index contributed by atoms with van der Waals surface area (Å²) in [5, 5.41) is 13.4. The first-order valence-corrected chi connectivity index (χ1v) is 12.6. The van der Waals surface area contributed by atoms with Crippen LogP contribution < -0.4 is 15.5 Å². The Morgan fingerprint density at radius 3 is 2.53 bits per heavy atom. The molecular weight excluding hydrogens is 482 g/mol. The highest BCUT2D eigenvalue weighted by atomic mass is 16.5. The molecule has 1 amide bonds. The molecule has 5 rings (SSSR count). The van der Waals surface area contributed by atoms with Crippen molar-refractivity contribution >= 4 is 22.8 Å². The molecule has 1 fully saturated rings. The van der Waals surface area contributed by atoms with Crippen LogP contribution in [0.1, 0.15) is 18.1 Å². The summed E-state index contributed by atoms with van der Waals surface area (Å²) in [5.74, 6) is -1.35. The maximum absolute atomic E-state index is 13.1. The van der Waals surface area contributed by atoms with Gasteiger partial charge in [-0.1, -0.05) is 60.7 Å². The van der Waals surface area contributed by atoms with Crippen molar-refractivity contribution in [2.45, 2.75) is 18.9 Å². The molecule has 38 heavy (non-hydrogen) atoms. The van der Waals surface area contributed by atoms with Gasteiger partial charge in [-0.15, -0.1) is 0 Å². The molecule has 1 saturated heterocycles. The minimum Gasteiger partial charge on any atom is -0.489 e. The lowest BCUT2D eigenvalue weighted by Gasteiger charge is -2.31. The SMILES string of the molecule is CCOC(=O)[C@@]1(c2ccc(OCc3cc(-c4ccccc4)nc4ccccc34)cc2)CNC[C@@H]1C(=O)NO. The molecule has 0 aliphatic carbocycles. The molecule has 0 radical (unpaired) electrons. The number of pyridine rings is 1. The third kappa shape index (κ3) is 4.71. The van der Waals surface area contributed by atoms with Crippen molar-refractivity contribution in [2.75, 3.05) is 19.7 Å². The van der Waals surface area contributed by atoms with Crippen LogP contribution >= 0.6 is 0 Å². The Labute approximate surface area is 220 Å². The zero-order chi connectivity index (χ0) is 26.5. The highest BCUT2D eigenvalue weighted by Gasteiger charge is 2.54. The summed E-state index contributed by atoms with van der Waals surface area (Å²) in [7, 11) is 0. The number of nitrogens with zero attached hydrogens (tertiary/aromatic N) is 1. The van der Waals surface area contributed by atoms with E-state index in [1.165, 1.54) is 0 Å². The van der Waals surface area contributed by atoms with E-state index in [1.54, 1.807) is 36.7 Å². The zero-order valence-corrected chi connectivity index (χ0v) is 21.0. The molecule has 194 valence electrons. The molecule has 8 nitrogen and oxygen atoms in total. The Morgan fingerprint density at radius 2 is 1.79 bits per heavy atom. The maximum atomic E-state index is 13.1. The van der Waals surface area contributed by atoms with Crippen molar-refractivity contribution < 1.29 is 24.3 Å². The van der Waals surface area contributed by atoms with Crippen LogP contribution in [0, 0.1) is 5.92 Å². The first-order valence-electron chi connectivity index (χ1n) is 12.6. The van der Waals surface area contributed by atoms with Gasteiger partial charge in [0.05, 0.1) is 23.7 Å². The molecule has 1 aliphatic rings. The number of hydrogen-bond acceptors (Lipinski definition) is 7. The smallest absolute Gasteiger partial charge is 0.318 e. The monoisotopic (exact) mass is 511 g/mol. The Balaban J connectivity index is 1.42. The molecule has 0 unspecified atom stereocenters. The van der Waals surface area contributed by atoms with Crippen molar-refractivity contribution in [1.82, 2.24) is 15.8 Å². The number of nitrogens with one attached hydrogen (secondary N) is 2. The second-order valence-electron chi connectivity index (χ2n) is 9.21. The Bertz CT molecular complexity index is 1440.